The maximum absolute atomic E-state index is 10.1. The standard InChI is InChI=1S/C2H7NO4S/c1-7-8(5,6)3-2-4/h3-4H,2H2,1H3. The summed E-state index contributed by atoms with van der Waals surface area (Å²) in [5.41, 5.74) is 0. The van der Waals surface area contributed by atoms with Crippen LogP contribution in [0, 0.1) is 0 Å². The van der Waals surface area contributed by atoms with E-state index >= 15 is 0 Å². The van der Waals surface area contributed by atoms with E-state index in [1.165, 1.54) is 0 Å². The summed E-state index contributed by atoms with van der Waals surface area (Å²) < 4.78 is 25.8. The molecule has 0 amide bonds. The molecule has 5 nitrogen and oxygen atoms in total. The quantitative estimate of drug-likeness (QED) is 0.465. The van der Waals surface area contributed by atoms with Crippen LogP contribution in [0.4, 0.5) is 0 Å². The zero-order chi connectivity index (χ0) is 6.62. The molecule has 0 aromatic heterocycles. The predicted molar refractivity (Wildman–Crippen MR) is 26.2 cm³/mol. The van der Waals surface area contributed by atoms with Crippen molar-refractivity contribution < 1.29 is 17.7 Å². The Balaban J connectivity index is 3.76. The van der Waals surface area contributed by atoms with Crippen LogP contribution in [0.5, 0.6) is 0 Å². The van der Waals surface area contributed by atoms with Gasteiger partial charge >= 0.3 is 10.3 Å². The van der Waals surface area contributed by atoms with Gasteiger partial charge in [0.1, 0.15) is 6.73 Å². The fraction of sp³-hybridized carbons (Fsp3) is 1.00. The molecular formula is C2H7NO4S. The molecule has 0 radical (unpaired) electrons. The van der Waals surface area contributed by atoms with E-state index in [4.69, 9.17) is 5.11 Å². The van der Waals surface area contributed by atoms with E-state index in [-0.39, 0.29) is 0 Å². The van der Waals surface area contributed by atoms with Crippen molar-refractivity contribution in [1.82, 2.24) is 4.72 Å². The van der Waals surface area contributed by atoms with E-state index in [0.717, 1.165) is 7.11 Å². The van der Waals surface area contributed by atoms with Crippen molar-refractivity contribution in [1.29, 1.82) is 0 Å². The van der Waals surface area contributed by atoms with E-state index < -0.39 is 17.0 Å². The average molecular weight is 141 g/mol. The third kappa shape index (κ3) is 2.92. The fourth-order valence-corrected chi connectivity index (χ4v) is 0.414. The molecule has 0 saturated heterocycles. The third-order valence-electron chi connectivity index (χ3n) is 0.461. The van der Waals surface area contributed by atoms with Gasteiger partial charge in [-0.15, -0.1) is 0 Å². The highest BCUT2D eigenvalue weighted by Gasteiger charge is 2.02. The van der Waals surface area contributed by atoms with Gasteiger partial charge in [-0.25, -0.2) is 0 Å². The maximum atomic E-state index is 10.1. The smallest absolute Gasteiger partial charge is 0.337 e. The van der Waals surface area contributed by atoms with Crippen molar-refractivity contribution in [2.75, 3.05) is 13.8 Å². The van der Waals surface area contributed by atoms with Crippen LogP contribution >= 0.6 is 0 Å². The maximum Gasteiger partial charge on any atom is 0.337 e. The molecule has 2 N–H and O–H groups in total. The Labute approximate surface area is 47.5 Å². The summed E-state index contributed by atoms with van der Waals surface area (Å²) in [4.78, 5) is 0. The molecule has 0 aromatic rings. The lowest BCUT2D eigenvalue weighted by atomic mass is 11.4. The van der Waals surface area contributed by atoms with E-state index in [1.54, 1.807) is 4.72 Å². The molecule has 0 aliphatic carbocycles. The van der Waals surface area contributed by atoms with E-state index in [9.17, 15) is 8.42 Å². The Morgan fingerprint density at radius 2 is 2.25 bits per heavy atom. The van der Waals surface area contributed by atoms with Crippen LogP contribution in [0.3, 0.4) is 0 Å². The minimum atomic E-state index is -3.67. The Hall–Kier alpha value is -0.170. The second-order valence-corrected chi connectivity index (χ2v) is 2.45. The number of nitrogens with one attached hydrogen (secondary N) is 1. The first-order chi connectivity index (χ1) is 3.62. The zero-order valence-electron chi connectivity index (χ0n) is 4.29. The van der Waals surface area contributed by atoms with Gasteiger partial charge in [-0.2, -0.15) is 13.1 Å². The van der Waals surface area contributed by atoms with Gasteiger partial charge in [0, 0.05) is 0 Å². The minimum Gasteiger partial charge on any atom is -0.380 e. The number of rotatable bonds is 3. The highest BCUT2D eigenvalue weighted by molar-refractivity contribution is 7.84. The summed E-state index contributed by atoms with van der Waals surface area (Å²) in [6.07, 6.45) is 0. The molecule has 0 spiro atoms. The summed E-state index contributed by atoms with van der Waals surface area (Å²) in [7, 11) is -2.67. The minimum absolute atomic E-state index is 0.643. The normalized spacial score (nSPS) is 11.8. The van der Waals surface area contributed by atoms with Crippen LogP contribution in [0.25, 0.3) is 0 Å². The summed E-state index contributed by atoms with van der Waals surface area (Å²) in [6, 6.07) is 0. The van der Waals surface area contributed by atoms with Crippen molar-refractivity contribution in [2.24, 2.45) is 0 Å². The number of aliphatic hydroxyl groups excluding tert-OH is 1. The van der Waals surface area contributed by atoms with Crippen LogP contribution < -0.4 is 4.72 Å². The molecule has 8 heavy (non-hydrogen) atoms. The van der Waals surface area contributed by atoms with Gasteiger partial charge < -0.3 is 5.11 Å². The van der Waals surface area contributed by atoms with Crippen molar-refractivity contribution >= 4 is 10.3 Å². The van der Waals surface area contributed by atoms with Gasteiger partial charge in [0.05, 0.1) is 7.11 Å². The SMILES string of the molecule is COS(=O)(=O)NCO. The fourth-order valence-electron chi connectivity index (χ4n) is 0.138. The Kier molecular flexibility index (Phi) is 2.91. The molecule has 0 atom stereocenters. The first-order valence-electron chi connectivity index (χ1n) is 1.78. The lowest BCUT2D eigenvalue weighted by molar-refractivity contribution is 0.276. The molecule has 0 bridgehead atoms. The predicted octanol–water partition coefficient (Wildman–Crippen LogP) is -1.58. The topological polar surface area (TPSA) is 75.6 Å². The Morgan fingerprint density at radius 3 is 2.38 bits per heavy atom. The highest BCUT2D eigenvalue weighted by atomic mass is 32.2. The summed E-state index contributed by atoms with van der Waals surface area (Å²) in [5, 5.41) is 7.96. The van der Waals surface area contributed by atoms with Crippen LogP contribution in [-0.2, 0) is 14.5 Å². The molecule has 50 valence electrons. The average Bonchev–Trinajstić information content (AvgIpc) is 1.67. The van der Waals surface area contributed by atoms with Crippen molar-refractivity contribution in [2.45, 2.75) is 0 Å². The molecule has 0 aromatic carbocycles. The van der Waals surface area contributed by atoms with Gasteiger partial charge in [0.2, 0.25) is 0 Å². The number of hydrogen-bond acceptors (Lipinski definition) is 4. The summed E-state index contributed by atoms with van der Waals surface area (Å²) in [5.74, 6) is 0. The molecular weight excluding hydrogens is 134 g/mol. The van der Waals surface area contributed by atoms with Gasteiger partial charge in [0.15, 0.2) is 0 Å². The number of hydrogen-bond donors (Lipinski definition) is 2. The van der Waals surface area contributed by atoms with Gasteiger partial charge in [-0.05, 0) is 0 Å². The largest absolute Gasteiger partial charge is 0.380 e. The van der Waals surface area contributed by atoms with Gasteiger partial charge in [0.25, 0.3) is 0 Å². The Bertz CT molecular complexity index is 138. The van der Waals surface area contributed by atoms with Gasteiger partial charge in [-0.3, -0.25) is 4.18 Å². The molecule has 0 aliphatic heterocycles. The van der Waals surface area contributed by atoms with Crippen molar-refractivity contribution in [3.63, 3.8) is 0 Å². The second kappa shape index (κ2) is 2.98. The van der Waals surface area contributed by atoms with Gasteiger partial charge in [-0.1, -0.05) is 0 Å². The summed E-state index contributed by atoms with van der Waals surface area (Å²) in [6.45, 7) is -0.643. The number of aliphatic hydroxyl groups is 1. The van der Waals surface area contributed by atoms with Crippen LogP contribution in [-0.4, -0.2) is 27.4 Å². The van der Waals surface area contributed by atoms with Crippen molar-refractivity contribution in [3.8, 4) is 0 Å². The van der Waals surface area contributed by atoms with Crippen LogP contribution in [0.15, 0.2) is 0 Å². The van der Waals surface area contributed by atoms with E-state index in [1.807, 2.05) is 0 Å². The monoisotopic (exact) mass is 141 g/mol. The summed E-state index contributed by atoms with van der Waals surface area (Å²) >= 11 is 0. The van der Waals surface area contributed by atoms with Crippen LogP contribution in [0.2, 0.25) is 0 Å². The molecule has 0 heterocycles. The lowest BCUT2D eigenvalue weighted by Crippen LogP contribution is -2.25. The molecule has 0 fully saturated rings. The van der Waals surface area contributed by atoms with E-state index in [0.29, 0.717) is 0 Å². The lowest BCUT2D eigenvalue weighted by Gasteiger charge is -1.96. The highest BCUT2D eigenvalue weighted by Crippen LogP contribution is 1.78. The molecule has 0 unspecified atom stereocenters. The van der Waals surface area contributed by atoms with Crippen molar-refractivity contribution in [3.05, 3.63) is 0 Å². The van der Waals surface area contributed by atoms with E-state index in [2.05, 4.69) is 4.18 Å². The first kappa shape index (κ1) is 7.83. The zero-order valence-corrected chi connectivity index (χ0v) is 5.10. The first-order valence-corrected chi connectivity index (χ1v) is 3.19. The third-order valence-corrected chi connectivity index (χ3v) is 1.38. The molecule has 6 heteroatoms. The second-order valence-electron chi connectivity index (χ2n) is 0.923. The Morgan fingerprint density at radius 1 is 1.75 bits per heavy atom. The molecule has 0 saturated carbocycles. The van der Waals surface area contributed by atoms with Crippen LogP contribution in [0.1, 0.15) is 0 Å². The molecule has 0 aliphatic rings. The molecule has 0 rings (SSSR count).